The van der Waals surface area contributed by atoms with Crippen LogP contribution in [0.15, 0.2) is 36.2 Å². The molecule has 56 valence electrons. The maximum absolute atomic E-state index is 7.45. The molecule has 0 spiro atoms. The maximum Gasteiger partial charge on any atom is 0.0424 e. The largest absolute Gasteiger partial charge is 0.348 e. The van der Waals surface area contributed by atoms with Crippen molar-refractivity contribution in [2.24, 2.45) is 0 Å². The van der Waals surface area contributed by atoms with Crippen LogP contribution in [-0.4, -0.2) is 17.2 Å². The molecule has 0 fully saturated rings. The molecular weight excluding hydrogens is 136 g/mol. The van der Waals surface area contributed by atoms with Crippen molar-refractivity contribution in [1.29, 1.82) is 5.41 Å². The molecule has 2 aliphatic rings. The fraction of sp³-hybridized carbons (Fsp3) is 0.222. The summed E-state index contributed by atoms with van der Waals surface area (Å²) in [5.74, 6) is 0. The molecule has 0 aromatic rings. The van der Waals surface area contributed by atoms with E-state index >= 15 is 0 Å². The Morgan fingerprint density at radius 3 is 3.18 bits per heavy atom. The molecule has 0 saturated carbocycles. The van der Waals surface area contributed by atoms with E-state index in [1.54, 1.807) is 0 Å². The summed E-state index contributed by atoms with van der Waals surface area (Å²) >= 11 is 0. The molecule has 0 amide bonds. The van der Waals surface area contributed by atoms with Crippen LogP contribution >= 0.6 is 0 Å². The van der Waals surface area contributed by atoms with Gasteiger partial charge in [-0.3, -0.25) is 0 Å². The number of nitrogens with zero attached hydrogens (tertiary/aromatic N) is 1. The predicted molar refractivity (Wildman–Crippen MR) is 45.4 cm³/mol. The molecule has 2 heterocycles. The van der Waals surface area contributed by atoms with Gasteiger partial charge in [-0.15, -0.1) is 0 Å². The lowest BCUT2D eigenvalue weighted by Crippen LogP contribution is -2.25. The van der Waals surface area contributed by atoms with Gasteiger partial charge in [0.2, 0.25) is 0 Å². The van der Waals surface area contributed by atoms with Gasteiger partial charge >= 0.3 is 0 Å². The smallest absolute Gasteiger partial charge is 0.0424 e. The van der Waals surface area contributed by atoms with E-state index in [0.29, 0.717) is 0 Å². The Hall–Kier alpha value is -1.31. The zero-order valence-electron chi connectivity index (χ0n) is 6.25. The van der Waals surface area contributed by atoms with Crippen LogP contribution in [0, 0.1) is 5.41 Å². The summed E-state index contributed by atoms with van der Waals surface area (Å²) in [6.45, 7) is 0.950. The Labute approximate surface area is 66.0 Å². The Morgan fingerprint density at radius 1 is 1.36 bits per heavy atom. The van der Waals surface area contributed by atoms with Gasteiger partial charge in [0.05, 0.1) is 0 Å². The second kappa shape index (κ2) is 2.38. The normalized spacial score (nSPS) is 21.6. The first-order valence-electron chi connectivity index (χ1n) is 3.77. The number of allylic oxidation sites excluding steroid dienone is 4. The molecule has 0 aromatic heterocycles. The zero-order valence-corrected chi connectivity index (χ0v) is 6.25. The fourth-order valence-electron chi connectivity index (χ4n) is 1.32. The Balaban J connectivity index is 2.33. The van der Waals surface area contributed by atoms with Crippen LogP contribution in [-0.2, 0) is 0 Å². The molecule has 0 aliphatic carbocycles. The molecule has 0 saturated heterocycles. The molecular formula is C9H10N2. The minimum atomic E-state index is 0.733. The summed E-state index contributed by atoms with van der Waals surface area (Å²) in [5.41, 5.74) is 1.87. The molecule has 0 unspecified atom stereocenters. The topological polar surface area (TPSA) is 27.1 Å². The number of hydrogen-bond donors (Lipinski definition) is 1. The van der Waals surface area contributed by atoms with Crippen molar-refractivity contribution >= 4 is 5.71 Å². The highest BCUT2D eigenvalue weighted by molar-refractivity contribution is 5.94. The molecule has 2 rings (SSSR count). The summed E-state index contributed by atoms with van der Waals surface area (Å²) in [7, 11) is 0. The van der Waals surface area contributed by atoms with Crippen molar-refractivity contribution in [3.05, 3.63) is 36.2 Å². The summed E-state index contributed by atoms with van der Waals surface area (Å²) < 4.78 is 0. The van der Waals surface area contributed by atoms with Crippen LogP contribution < -0.4 is 0 Å². The highest BCUT2D eigenvalue weighted by Crippen LogP contribution is 2.17. The Kier molecular flexibility index (Phi) is 1.39. The van der Waals surface area contributed by atoms with E-state index < -0.39 is 0 Å². The molecule has 2 heteroatoms. The van der Waals surface area contributed by atoms with E-state index in [1.807, 2.05) is 24.3 Å². The van der Waals surface area contributed by atoms with Crippen molar-refractivity contribution in [2.45, 2.75) is 6.42 Å². The molecule has 0 radical (unpaired) electrons. The summed E-state index contributed by atoms with van der Waals surface area (Å²) in [4.78, 5) is 2.16. The minimum absolute atomic E-state index is 0.733. The van der Waals surface area contributed by atoms with Gasteiger partial charge in [-0.05, 0) is 18.2 Å². The maximum atomic E-state index is 7.45. The average Bonchev–Trinajstić information content (AvgIpc) is 2.04. The standard InChI is InChI=1S/C9H10N2/c10-8-4-6-11-5-2-1-3-9(11)7-8/h1-3,5,7,10H,4,6H2. The van der Waals surface area contributed by atoms with Gasteiger partial charge in [0.1, 0.15) is 0 Å². The summed E-state index contributed by atoms with van der Waals surface area (Å²) in [5, 5.41) is 7.45. The number of rotatable bonds is 0. The molecule has 2 aliphatic heterocycles. The second-order valence-electron chi connectivity index (χ2n) is 2.74. The Bertz CT molecular complexity index is 271. The molecule has 1 N–H and O–H groups in total. The van der Waals surface area contributed by atoms with Gasteiger partial charge in [-0.1, -0.05) is 6.08 Å². The van der Waals surface area contributed by atoms with Gasteiger partial charge in [0, 0.05) is 30.6 Å². The van der Waals surface area contributed by atoms with E-state index in [1.165, 1.54) is 0 Å². The molecule has 0 aromatic carbocycles. The zero-order chi connectivity index (χ0) is 7.68. The van der Waals surface area contributed by atoms with E-state index in [0.717, 1.165) is 24.4 Å². The number of nitrogens with one attached hydrogen (secondary N) is 1. The van der Waals surface area contributed by atoms with Crippen molar-refractivity contribution in [3.63, 3.8) is 0 Å². The lowest BCUT2D eigenvalue weighted by Gasteiger charge is -2.27. The molecule has 2 nitrogen and oxygen atoms in total. The highest BCUT2D eigenvalue weighted by atomic mass is 15.1. The third-order valence-corrected chi connectivity index (χ3v) is 1.92. The predicted octanol–water partition coefficient (Wildman–Crippen LogP) is 1.68. The first-order chi connectivity index (χ1) is 5.36. The minimum Gasteiger partial charge on any atom is -0.348 e. The second-order valence-corrected chi connectivity index (χ2v) is 2.74. The van der Waals surface area contributed by atoms with Gasteiger partial charge in [-0.2, -0.15) is 0 Å². The first kappa shape index (κ1) is 6.40. The van der Waals surface area contributed by atoms with Crippen LogP contribution in [0.2, 0.25) is 0 Å². The van der Waals surface area contributed by atoms with Gasteiger partial charge in [0.25, 0.3) is 0 Å². The SMILES string of the molecule is N=C1C=C2C=CC=CN2CC1. The fourth-order valence-corrected chi connectivity index (χ4v) is 1.32. The van der Waals surface area contributed by atoms with Crippen LogP contribution in [0.4, 0.5) is 0 Å². The van der Waals surface area contributed by atoms with E-state index in [4.69, 9.17) is 5.41 Å². The van der Waals surface area contributed by atoms with Crippen molar-refractivity contribution in [2.75, 3.05) is 6.54 Å². The van der Waals surface area contributed by atoms with E-state index in [-0.39, 0.29) is 0 Å². The molecule has 0 atom stereocenters. The van der Waals surface area contributed by atoms with Gasteiger partial charge in [-0.25, -0.2) is 0 Å². The van der Waals surface area contributed by atoms with Gasteiger partial charge < -0.3 is 10.3 Å². The van der Waals surface area contributed by atoms with Crippen LogP contribution in [0.25, 0.3) is 0 Å². The van der Waals surface area contributed by atoms with Crippen LogP contribution in [0.5, 0.6) is 0 Å². The molecule has 0 bridgehead atoms. The lowest BCUT2D eigenvalue weighted by molar-refractivity contribution is 0.480. The van der Waals surface area contributed by atoms with Crippen molar-refractivity contribution in [3.8, 4) is 0 Å². The first-order valence-corrected chi connectivity index (χ1v) is 3.77. The third-order valence-electron chi connectivity index (χ3n) is 1.92. The Morgan fingerprint density at radius 2 is 2.27 bits per heavy atom. The highest BCUT2D eigenvalue weighted by Gasteiger charge is 2.12. The lowest BCUT2D eigenvalue weighted by atomic mass is 10.1. The molecule has 11 heavy (non-hydrogen) atoms. The van der Waals surface area contributed by atoms with Crippen LogP contribution in [0.1, 0.15) is 6.42 Å². The van der Waals surface area contributed by atoms with Gasteiger partial charge in [0.15, 0.2) is 0 Å². The monoisotopic (exact) mass is 146 g/mol. The summed E-state index contributed by atoms with van der Waals surface area (Å²) in [6, 6.07) is 0. The average molecular weight is 146 g/mol. The van der Waals surface area contributed by atoms with Crippen LogP contribution in [0.3, 0.4) is 0 Å². The third kappa shape index (κ3) is 1.11. The number of hydrogen-bond acceptors (Lipinski definition) is 2. The van der Waals surface area contributed by atoms with Crippen molar-refractivity contribution in [1.82, 2.24) is 4.90 Å². The summed E-state index contributed by atoms with van der Waals surface area (Å²) in [6.07, 6.45) is 10.9. The quantitative estimate of drug-likeness (QED) is 0.553. The van der Waals surface area contributed by atoms with Crippen molar-refractivity contribution < 1.29 is 0 Å². The van der Waals surface area contributed by atoms with E-state index in [9.17, 15) is 0 Å². The number of fused-ring (bicyclic) bond motifs is 1. The van der Waals surface area contributed by atoms with E-state index in [2.05, 4.69) is 11.1 Å².